The summed E-state index contributed by atoms with van der Waals surface area (Å²) in [6, 6.07) is 4.37. The summed E-state index contributed by atoms with van der Waals surface area (Å²) in [5.74, 6) is 1.13. The van der Waals surface area contributed by atoms with E-state index in [9.17, 15) is 19.8 Å². The molecule has 2 aliphatic rings. The highest BCUT2D eigenvalue weighted by Gasteiger charge is 2.33. The lowest BCUT2D eigenvalue weighted by atomic mass is 10.1. The van der Waals surface area contributed by atoms with Gasteiger partial charge in [0, 0.05) is 24.7 Å². The smallest absolute Gasteiger partial charge is 0.315 e. The third-order valence-corrected chi connectivity index (χ3v) is 4.41. The molecule has 0 radical (unpaired) electrons. The molecule has 26 heavy (non-hydrogen) atoms. The van der Waals surface area contributed by atoms with Crippen LogP contribution in [0.4, 0.5) is 10.5 Å². The molecule has 0 aromatic heterocycles. The van der Waals surface area contributed by atoms with Gasteiger partial charge in [-0.3, -0.25) is 4.79 Å². The van der Waals surface area contributed by atoms with Gasteiger partial charge in [-0.1, -0.05) is 0 Å². The van der Waals surface area contributed by atoms with Gasteiger partial charge in [-0.25, -0.2) is 4.79 Å². The van der Waals surface area contributed by atoms with E-state index in [1.54, 1.807) is 23.1 Å². The average Bonchev–Trinajstić information content (AvgIpc) is 3.01. The summed E-state index contributed by atoms with van der Waals surface area (Å²) >= 11 is 0. The SMILES string of the molecule is CC(CO)(CO)NC(=O)NC1CC(=O)N(c2ccc3c(c2)OCCO3)C1. The van der Waals surface area contributed by atoms with E-state index in [-0.39, 0.29) is 18.4 Å². The van der Waals surface area contributed by atoms with E-state index in [0.717, 1.165) is 0 Å². The first-order valence-electron chi connectivity index (χ1n) is 8.44. The lowest BCUT2D eigenvalue weighted by Gasteiger charge is -2.27. The minimum atomic E-state index is -1.12. The van der Waals surface area contributed by atoms with Crippen LogP contribution in [0, 0.1) is 0 Å². The third-order valence-electron chi connectivity index (χ3n) is 4.41. The standard InChI is InChI=1S/C17H23N3O6/c1-17(9-21,10-22)19-16(24)18-11-6-15(23)20(8-11)12-2-3-13-14(7-12)26-5-4-25-13/h2-3,7,11,21-22H,4-6,8-10H2,1H3,(H2,18,19,24). The number of hydrogen-bond acceptors (Lipinski definition) is 6. The molecule has 0 spiro atoms. The van der Waals surface area contributed by atoms with Gasteiger partial charge in [0.05, 0.1) is 24.8 Å². The number of amides is 3. The zero-order chi connectivity index (χ0) is 18.7. The highest BCUT2D eigenvalue weighted by molar-refractivity contribution is 5.97. The van der Waals surface area contributed by atoms with E-state index >= 15 is 0 Å². The lowest BCUT2D eigenvalue weighted by molar-refractivity contribution is -0.117. The summed E-state index contributed by atoms with van der Waals surface area (Å²) < 4.78 is 11.0. The van der Waals surface area contributed by atoms with Crippen LogP contribution >= 0.6 is 0 Å². The first-order chi connectivity index (χ1) is 12.4. The number of benzene rings is 1. The van der Waals surface area contributed by atoms with Crippen molar-refractivity contribution in [1.29, 1.82) is 0 Å². The first-order valence-corrected chi connectivity index (χ1v) is 8.44. The summed E-state index contributed by atoms with van der Waals surface area (Å²) in [4.78, 5) is 26.0. The Labute approximate surface area is 150 Å². The maximum absolute atomic E-state index is 12.3. The Hall–Kier alpha value is -2.52. The average molecular weight is 365 g/mol. The number of carbonyl (C=O) groups is 2. The van der Waals surface area contributed by atoms with Gasteiger partial charge in [-0.05, 0) is 19.1 Å². The van der Waals surface area contributed by atoms with Crippen molar-refractivity contribution < 1.29 is 29.3 Å². The molecule has 1 fully saturated rings. The number of rotatable bonds is 5. The summed E-state index contributed by atoms with van der Waals surface area (Å²) in [7, 11) is 0. The molecule has 1 atom stereocenters. The van der Waals surface area contributed by atoms with Crippen molar-refractivity contribution >= 4 is 17.6 Å². The number of fused-ring (bicyclic) bond motifs is 1. The Morgan fingerprint density at radius 2 is 1.96 bits per heavy atom. The van der Waals surface area contributed by atoms with E-state index in [0.29, 0.717) is 36.9 Å². The number of aliphatic hydroxyl groups is 2. The predicted molar refractivity (Wildman–Crippen MR) is 92.4 cm³/mol. The molecule has 4 N–H and O–H groups in total. The van der Waals surface area contributed by atoms with Crippen LogP contribution in [0.25, 0.3) is 0 Å². The van der Waals surface area contributed by atoms with Crippen LogP contribution in [0.1, 0.15) is 13.3 Å². The fourth-order valence-corrected chi connectivity index (χ4v) is 2.88. The molecule has 1 aromatic rings. The van der Waals surface area contributed by atoms with Crippen LogP contribution in [0.2, 0.25) is 0 Å². The fraction of sp³-hybridized carbons (Fsp3) is 0.529. The van der Waals surface area contributed by atoms with Gasteiger partial charge in [-0.15, -0.1) is 0 Å². The second-order valence-electron chi connectivity index (χ2n) is 6.71. The van der Waals surface area contributed by atoms with Crippen molar-refractivity contribution in [3.05, 3.63) is 18.2 Å². The number of anilines is 1. The predicted octanol–water partition coefficient (Wildman–Crippen LogP) is -0.394. The monoisotopic (exact) mass is 365 g/mol. The molecule has 2 aliphatic heterocycles. The van der Waals surface area contributed by atoms with Crippen molar-refractivity contribution in [1.82, 2.24) is 10.6 Å². The molecule has 1 aromatic carbocycles. The van der Waals surface area contributed by atoms with Crippen molar-refractivity contribution in [3.63, 3.8) is 0 Å². The summed E-state index contributed by atoms with van der Waals surface area (Å²) in [5.41, 5.74) is -0.443. The summed E-state index contributed by atoms with van der Waals surface area (Å²) in [6.45, 7) is 2.00. The Morgan fingerprint density at radius 3 is 2.65 bits per heavy atom. The van der Waals surface area contributed by atoms with E-state index in [1.807, 2.05) is 0 Å². The first kappa shape index (κ1) is 18.3. The number of carbonyl (C=O) groups excluding carboxylic acids is 2. The Bertz CT molecular complexity index is 691. The van der Waals surface area contributed by atoms with Gasteiger partial charge in [0.1, 0.15) is 13.2 Å². The van der Waals surface area contributed by atoms with Gasteiger partial charge >= 0.3 is 6.03 Å². The van der Waals surface area contributed by atoms with Crippen molar-refractivity contribution in [3.8, 4) is 11.5 Å². The summed E-state index contributed by atoms with van der Waals surface area (Å²) in [6.07, 6.45) is 0.164. The van der Waals surface area contributed by atoms with E-state index in [1.165, 1.54) is 6.92 Å². The maximum Gasteiger partial charge on any atom is 0.315 e. The normalized spacial score (nSPS) is 19.4. The van der Waals surface area contributed by atoms with Crippen molar-refractivity contribution in [2.45, 2.75) is 24.9 Å². The third kappa shape index (κ3) is 3.83. The number of nitrogens with zero attached hydrogens (tertiary/aromatic N) is 1. The van der Waals surface area contributed by atoms with E-state index < -0.39 is 24.8 Å². The van der Waals surface area contributed by atoms with E-state index in [4.69, 9.17) is 9.47 Å². The quantitative estimate of drug-likeness (QED) is 0.564. The number of ether oxygens (including phenoxy) is 2. The second kappa shape index (κ2) is 7.38. The minimum absolute atomic E-state index is 0.112. The van der Waals surface area contributed by atoms with Crippen LogP contribution in [0.15, 0.2) is 18.2 Å². The molecule has 9 nitrogen and oxygen atoms in total. The molecule has 3 rings (SSSR count). The highest BCUT2D eigenvalue weighted by Crippen LogP contribution is 2.35. The molecule has 2 heterocycles. The number of aliphatic hydroxyl groups excluding tert-OH is 2. The highest BCUT2D eigenvalue weighted by atomic mass is 16.6. The van der Waals surface area contributed by atoms with E-state index in [2.05, 4.69) is 10.6 Å². The largest absolute Gasteiger partial charge is 0.486 e. The topological polar surface area (TPSA) is 120 Å². The Morgan fingerprint density at radius 1 is 1.27 bits per heavy atom. The van der Waals surface area contributed by atoms with Gasteiger partial charge in [0.2, 0.25) is 5.91 Å². The van der Waals surface area contributed by atoms with Gasteiger partial charge in [0.25, 0.3) is 0 Å². The molecule has 1 unspecified atom stereocenters. The lowest BCUT2D eigenvalue weighted by Crippen LogP contribution is -2.56. The van der Waals surface area contributed by atoms with Gasteiger partial charge in [-0.2, -0.15) is 0 Å². The van der Waals surface area contributed by atoms with Crippen LogP contribution in [-0.4, -0.2) is 66.7 Å². The number of hydrogen-bond donors (Lipinski definition) is 4. The zero-order valence-electron chi connectivity index (χ0n) is 14.5. The molecule has 9 heteroatoms. The number of urea groups is 1. The molecule has 142 valence electrons. The Kier molecular flexibility index (Phi) is 5.19. The van der Waals surface area contributed by atoms with Crippen molar-refractivity contribution in [2.24, 2.45) is 0 Å². The minimum Gasteiger partial charge on any atom is -0.486 e. The molecule has 0 bridgehead atoms. The fourth-order valence-electron chi connectivity index (χ4n) is 2.88. The molecule has 0 saturated carbocycles. The number of nitrogens with one attached hydrogen (secondary N) is 2. The maximum atomic E-state index is 12.3. The van der Waals surface area contributed by atoms with Gasteiger partial charge in [0.15, 0.2) is 11.5 Å². The molecule has 3 amide bonds. The van der Waals surface area contributed by atoms with Crippen molar-refractivity contribution in [2.75, 3.05) is 37.9 Å². The molecular formula is C17H23N3O6. The molecule has 0 aliphatic carbocycles. The molecular weight excluding hydrogens is 342 g/mol. The van der Waals surface area contributed by atoms with Crippen LogP contribution in [0.3, 0.4) is 0 Å². The van der Waals surface area contributed by atoms with Crippen LogP contribution in [-0.2, 0) is 4.79 Å². The molecule has 1 saturated heterocycles. The summed E-state index contributed by atoms with van der Waals surface area (Å²) in [5, 5.41) is 23.7. The Balaban J connectivity index is 1.63. The zero-order valence-corrected chi connectivity index (χ0v) is 14.5. The second-order valence-corrected chi connectivity index (χ2v) is 6.71. The van der Waals surface area contributed by atoms with Crippen LogP contribution < -0.4 is 25.0 Å². The van der Waals surface area contributed by atoms with Crippen LogP contribution in [0.5, 0.6) is 11.5 Å². The van der Waals surface area contributed by atoms with Gasteiger partial charge < -0.3 is 35.2 Å².